The van der Waals surface area contributed by atoms with E-state index in [0.717, 1.165) is 0 Å². The van der Waals surface area contributed by atoms with Crippen molar-refractivity contribution in [2.75, 3.05) is 0 Å². The van der Waals surface area contributed by atoms with Crippen LogP contribution in [0.4, 0.5) is 0 Å². The van der Waals surface area contributed by atoms with Gasteiger partial charge in [-0.25, -0.2) is 4.79 Å². The Morgan fingerprint density at radius 1 is 1.38 bits per heavy atom. The normalized spacial score (nSPS) is 12.1. The summed E-state index contributed by atoms with van der Waals surface area (Å²) in [6.45, 7) is 0. The maximum absolute atomic E-state index is 10.6. The van der Waals surface area contributed by atoms with Crippen LogP contribution in [0.2, 0.25) is 5.02 Å². The number of carboxylic acid groups (broad SMARTS) is 2. The standard InChI is InChI=1S/C10H10ClNO4/c11-7-3-6(9(13)14)2-1-5(7)4-8(12)10(15)16/h1-3,8H,4,12H2,(H,13,14)(H,15,16)/t8-/m0/s1. The number of aromatic carboxylic acids is 1. The van der Waals surface area contributed by atoms with Gasteiger partial charge in [0.25, 0.3) is 0 Å². The number of rotatable bonds is 4. The summed E-state index contributed by atoms with van der Waals surface area (Å²) in [6, 6.07) is 3.05. The molecule has 1 aromatic rings. The molecular formula is C10H10ClNO4. The number of nitrogens with two attached hydrogens (primary N) is 1. The summed E-state index contributed by atoms with van der Waals surface area (Å²) in [5.74, 6) is -2.21. The zero-order valence-electron chi connectivity index (χ0n) is 8.18. The van der Waals surface area contributed by atoms with Crippen molar-refractivity contribution in [1.29, 1.82) is 0 Å². The van der Waals surface area contributed by atoms with E-state index in [2.05, 4.69) is 0 Å². The van der Waals surface area contributed by atoms with Gasteiger partial charge in [-0.3, -0.25) is 4.79 Å². The van der Waals surface area contributed by atoms with E-state index in [0.29, 0.717) is 5.56 Å². The van der Waals surface area contributed by atoms with Crippen molar-refractivity contribution < 1.29 is 19.8 Å². The van der Waals surface area contributed by atoms with E-state index in [9.17, 15) is 9.59 Å². The van der Waals surface area contributed by atoms with E-state index in [-0.39, 0.29) is 17.0 Å². The first kappa shape index (κ1) is 12.5. The van der Waals surface area contributed by atoms with Gasteiger partial charge in [0.2, 0.25) is 0 Å². The highest BCUT2D eigenvalue weighted by atomic mass is 35.5. The first-order chi connectivity index (χ1) is 7.41. The molecule has 0 saturated heterocycles. The van der Waals surface area contributed by atoms with Gasteiger partial charge in [0.15, 0.2) is 0 Å². The first-order valence-corrected chi connectivity index (χ1v) is 4.79. The zero-order valence-corrected chi connectivity index (χ0v) is 8.94. The molecule has 0 aliphatic heterocycles. The predicted octanol–water partition coefficient (Wildman–Crippen LogP) is 0.993. The second-order valence-corrected chi connectivity index (χ2v) is 3.67. The molecule has 0 aromatic heterocycles. The van der Waals surface area contributed by atoms with Gasteiger partial charge in [0, 0.05) is 5.02 Å². The Bertz CT molecular complexity index is 433. The first-order valence-electron chi connectivity index (χ1n) is 4.42. The van der Waals surface area contributed by atoms with Crippen LogP contribution in [0.3, 0.4) is 0 Å². The van der Waals surface area contributed by atoms with E-state index in [4.69, 9.17) is 27.5 Å². The Balaban J connectivity index is 2.91. The lowest BCUT2D eigenvalue weighted by Gasteiger charge is -2.08. The van der Waals surface area contributed by atoms with Crippen molar-refractivity contribution in [2.45, 2.75) is 12.5 Å². The van der Waals surface area contributed by atoms with E-state index in [1.165, 1.54) is 18.2 Å². The average molecular weight is 244 g/mol. The molecular weight excluding hydrogens is 234 g/mol. The summed E-state index contributed by atoms with van der Waals surface area (Å²) in [5, 5.41) is 17.5. The maximum atomic E-state index is 10.6. The summed E-state index contributed by atoms with van der Waals surface area (Å²) in [4.78, 5) is 21.1. The Labute approximate surface area is 96.4 Å². The monoisotopic (exact) mass is 243 g/mol. The molecule has 1 rings (SSSR count). The molecule has 0 heterocycles. The highest BCUT2D eigenvalue weighted by Gasteiger charge is 2.15. The molecule has 0 radical (unpaired) electrons. The van der Waals surface area contributed by atoms with Crippen molar-refractivity contribution in [2.24, 2.45) is 5.73 Å². The summed E-state index contributed by atoms with van der Waals surface area (Å²) in [5.41, 5.74) is 5.91. The zero-order chi connectivity index (χ0) is 12.3. The van der Waals surface area contributed by atoms with Crippen molar-refractivity contribution >= 4 is 23.5 Å². The fourth-order valence-corrected chi connectivity index (χ4v) is 1.43. The minimum atomic E-state index is -1.13. The number of hydrogen-bond acceptors (Lipinski definition) is 3. The fraction of sp³-hybridized carbons (Fsp3) is 0.200. The largest absolute Gasteiger partial charge is 0.480 e. The molecule has 0 aliphatic carbocycles. The quantitative estimate of drug-likeness (QED) is 0.732. The van der Waals surface area contributed by atoms with Crippen LogP contribution in [-0.2, 0) is 11.2 Å². The molecule has 4 N–H and O–H groups in total. The molecule has 0 aliphatic rings. The van der Waals surface area contributed by atoms with Gasteiger partial charge in [0.1, 0.15) is 6.04 Å². The van der Waals surface area contributed by atoms with E-state index in [1.54, 1.807) is 0 Å². The van der Waals surface area contributed by atoms with Gasteiger partial charge in [-0.05, 0) is 24.1 Å². The third kappa shape index (κ3) is 2.95. The fourth-order valence-electron chi connectivity index (χ4n) is 1.17. The topological polar surface area (TPSA) is 101 Å². The maximum Gasteiger partial charge on any atom is 0.335 e. The minimum absolute atomic E-state index is 0.0534. The van der Waals surface area contributed by atoms with Crippen LogP contribution < -0.4 is 5.73 Å². The molecule has 0 bridgehead atoms. The van der Waals surface area contributed by atoms with Gasteiger partial charge < -0.3 is 15.9 Å². The molecule has 5 nitrogen and oxygen atoms in total. The molecule has 16 heavy (non-hydrogen) atoms. The van der Waals surface area contributed by atoms with Crippen molar-refractivity contribution in [3.8, 4) is 0 Å². The number of carboxylic acids is 2. The minimum Gasteiger partial charge on any atom is -0.480 e. The van der Waals surface area contributed by atoms with E-state index < -0.39 is 18.0 Å². The molecule has 0 amide bonds. The average Bonchev–Trinajstić information content (AvgIpc) is 2.20. The van der Waals surface area contributed by atoms with Gasteiger partial charge in [-0.15, -0.1) is 0 Å². The van der Waals surface area contributed by atoms with Crippen LogP contribution in [0.25, 0.3) is 0 Å². The van der Waals surface area contributed by atoms with Crippen LogP contribution in [0.15, 0.2) is 18.2 Å². The Morgan fingerprint density at radius 2 is 2.00 bits per heavy atom. The van der Waals surface area contributed by atoms with Gasteiger partial charge in [0.05, 0.1) is 5.56 Å². The number of benzene rings is 1. The molecule has 1 aromatic carbocycles. The smallest absolute Gasteiger partial charge is 0.335 e. The molecule has 86 valence electrons. The lowest BCUT2D eigenvalue weighted by Crippen LogP contribution is -2.32. The summed E-state index contributed by atoms with van der Waals surface area (Å²) in [6.07, 6.45) is 0.0636. The van der Waals surface area contributed by atoms with Gasteiger partial charge in [-0.1, -0.05) is 17.7 Å². The third-order valence-corrected chi connectivity index (χ3v) is 2.41. The molecule has 0 unspecified atom stereocenters. The molecule has 1 atom stereocenters. The second-order valence-electron chi connectivity index (χ2n) is 3.26. The third-order valence-electron chi connectivity index (χ3n) is 2.06. The highest BCUT2D eigenvalue weighted by molar-refractivity contribution is 6.31. The van der Waals surface area contributed by atoms with Crippen LogP contribution in [0.1, 0.15) is 15.9 Å². The summed E-state index contributed by atoms with van der Waals surface area (Å²) in [7, 11) is 0. The van der Waals surface area contributed by atoms with Crippen LogP contribution in [0.5, 0.6) is 0 Å². The van der Waals surface area contributed by atoms with E-state index >= 15 is 0 Å². The van der Waals surface area contributed by atoms with Crippen LogP contribution in [-0.4, -0.2) is 28.2 Å². The molecule has 0 spiro atoms. The SMILES string of the molecule is N[C@@H](Cc1ccc(C(=O)O)cc1Cl)C(=O)O. The Hall–Kier alpha value is -1.59. The molecule has 6 heteroatoms. The van der Waals surface area contributed by atoms with E-state index in [1.807, 2.05) is 0 Å². The summed E-state index contributed by atoms with van der Waals surface area (Å²) >= 11 is 5.81. The summed E-state index contributed by atoms with van der Waals surface area (Å²) < 4.78 is 0. The number of hydrogen-bond donors (Lipinski definition) is 3. The second kappa shape index (κ2) is 4.96. The highest BCUT2D eigenvalue weighted by Crippen LogP contribution is 2.19. The number of carbonyl (C=O) groups is 2. The van der Waals surface area contributed by atoms with Gasteiger partial charge >= 0.3 is 11.9 Å². The lowest BCUT2D eigenvalue weighted by atomic mass is 10.0. The van der Waals surface area contributed by atoms with Crippen molar-refractivity contribution in [3.05, 3.63) is 34.3 Å². The number of aliphatic carboxylic acids is 1. The Kier molecular flexibility index (Phi) is 3.87. The van der Waals surface area contributed by atoms with Crippen LogP contribution in [0, 0.1) is 0 Å². The molecule has 0 fully saturated rings. The lowest BCUT2D eigenvalue weighted by molar-refractivity contribution is -0.138. The van der Waals surface area contributed by atoms with Crippen molar-refractivity contribution in [1.82, 2.24) is 0 Å². The molecule has 0 saturated carbocycles. The van der Waals surface area contributed by atoms with Gasteiger partial charge in [-0.2, -0.15) is 0 Å². The van der Waals surface area contributed by atoms with Crippen LogP contribution >= 0.6 is 11.6 Å². The Morgan fingerprint density at radius 3 is 2.44 bits per heavy atom. The van der Waals surface area contributed by atoms with Crippen molar-refractivity contribution in [3.63, 3.8) is 0 Å². The predicted molar refractivity (Wildman–Crippen MR) is 57.7 cm³/mol. The number of halogens is 1.